The molecule has 0 bridgehead atoms. The number of hydrogen-bond acceptors (Lipinski definition) is 4. The molecular formula is C10H5BrClNO4. The monoisotopic (exact) mass is 317 g/mol. The summed E-state index contributed by atoms with van der Waals surface area (Å²) in [5.74, 6) is -2.24. The number of carbonyl (C=O) groups is 3. The maximum atomic E-state index is 11.6. The van der Waals surface area contributed by atoms with E-state index < -0.39 is 17.7 Å². The van der Waals surface area contributed by atoms with Crippen LogP contribution in [0, 0.1) is 0 Å². The van der Waals surface area contributed by atoms with E-state index in [9.17, 15) is 14.4 Å². The Hall–Kier alpha value is -1.40. The molecule has 0 atom stereocenters. The Labute approximate surface area is 109 Å². The smallest absolute Gasteiger partial charge is 0.340 e. The highest BCUT2D eigenvalue weighted by atomic mass is 79.9. The number of nitrogens with one attached hydrogen (secondary N) is 1. The third-order valence-corrected chi connectivity index (χ3v) is 3.54. The number of rotatable bonds is 1. The van der Waals surface area contributed by atoms with Gasteiger partial charge in [0.25, 0.3) is 11.7 Å². The number of carbonyl (C=O) groups excluding carboxylic acids is 3. The summed E-state index contributed by atoms with van der Waals surface area (Å²) in [6, 6.07) is 1.39. The molecule has 0 fully saturated rings. The van der Waals surface area contributed by atoms with Crippen molar-refractivity contribution in [2.45, 2.75) is 0 Å². The van der Waals surface area contributed by atoms with Crippen molar-refractivity contribution < 1.29 is 19.1 Å². The quantitative estimate of drug-likeness (QED) is 0.635. The molecule has 88 valence electrons. The molecule has 7 heteroatoms. The van der Waals surface area contributed by atoms with Gasteiger partial charge in [0, 0.05) is 4.47 Å². The fraction of sp³-hybridized carbons (Fsp3) is 0.100. The van der Waals surface area contributed by atoms with Crippen LogP contribution in [-0.4, -0.2) is 24.8 Å². The van der Waals surface area contributed by atoms with Gasteiger partial charge in [-0.3, -0.25) is 9.59 Å². The van der Waals surface area contributed by atoms with E-state index in [1.807, 2.05) is 0 Å². The molecule has 0 spiro atoms. The van der Waals surface area contributed by atoms with Gasteiger partial charge in [0.15, 0.2) is 0 Å². The first kappa shape index (κ1) is 12.1. The van der Waals surface area contributed by atoms with E-state index >= 15 is 0 Å². The summed E-state index contributed by atoms with van der Waals surface area (Å²) < 4.78 is 4.91. The number of hydrogen-bond donors (Lipinski definition) is 1. The molecule has 1 aromatic rings. The SMILES string of the molecule is COC(=O)c1cc(Br)c(Cl)c2c1NC(=O)C2=O. The Morgan fingerprint density at radius 3 is 2.71 bits per heavy atom. The average Bonchev–Trinajstić information content (AvgIpc) is 2.60. The summed E-state index contributed by atoms with van der Waals surface area (Å²) in [7, 11) is 1.20. The first-order chi connectivity index (χ1) is 7.97. The van der Waals surface area contributed by atoms with Crippen molar-refractivity contribution in [1.29, 1.82) is 0 Å². The maximum absolute atomic E-state index is 11.6. The zero-order valence-electron chi connectivity index (χ0n) is 8.47. The van der Waals surface area contributed by atoms with Crippen LogP contribution in [-0.2, 0) is 9.53 Å². The molecule has 1 amide bonds. The van der Waals surface area contributed by atoms with Crippen molar-refractivity contribution in [3.8, 4) is 0 Å². The first-order valence-electron chi connectivity index (χ1n) is 4.43. The second-order valence-electron chi connectivity index (χ2n) is 3.24. The average molecular weight is 319 g/mol. The van der Waals surface area contributed by atoms with Gasteiger partial charge in [-0.05, 0) is 22.0 Å². The number of anilines is 1. The van der Waals surface area contributed by atoms with Crippen LogP contribution in [0.15, 0.2) is 10.5 Å². The molecule has 0 aromatic heterocycles. The first-order valence-corrected chi connectivity index (χ1v) is 5.60. The molecule has 2 rings (SSSR count). The molecule has 1 aliphatic rings. The molecule has 0 aliphatic carbocycles. The molecule has 1 aliphatic heterocycles. The Kier molecular flexibility index (Phi) is 2.92. The fourth-order valence-electron chi connectivity index (χ4n) is 1.52. The van der Waals surface area contributed by atoms with Crippen molar-refractivity contribution in [1.82, 2.24) is 0 Å². The number of amides is 1. The summed E-state index contributed by atoms with van der Waals surface area (Å²) >= 11 is 9.02. The summed E-state index contributed by atoms with van der Waals surface area (Å²) in [6.45, 7) is 0. The number of ether oxygens (including phenoxy) is 1. The highest BCUT2D eigenvalue weighted by Gasteiger charge is 2.35. The van der Waals surface area contributed by atoms with Crippen LogP contribution in [0.4, 0.5) is 5.69 Å². The predicted octanol–water partition coefficient (Wildman–Crippen LogP) is 2.02. The second-order valence-corrected chi connectivity index (χ2v) is 4.48. The Bertz CT molecular complexity index is 570. The zero-order chi connectivity index (χ0) is 12.7. The lowest BCUT2D eigenvalue weighted by atomic mass is 10.1. The Balaban J connectivity index is 2.75. The summed E-state index contributed by atoms with van der Waals surface area (Å²) in [5.41, 5.74) is 0.171. The lowest BCUT2D eigenvalue weighted by molar-refractivity contribution is -0.112. The molecule has 0 saturated carbocycles. The van der Waals surface area contributed by atoms with Gasteiger partial charge in [0.2, 0.25) is 0 Å². The van der Waals surface area contributed by atoms with Gasteiger partial charge >= 0.3 is 5.97 Å². The van der Waals surface area contributed by atoms with E-state index in [0.29, 0.717) is 4.47 Å². The van der Waals surface area contributed by atoms with Crippen LogP contribution >= 0.6 is 27.5 Å². The number of benzene rings is 1. The van der Waals surface area contributed by atoms with Gasteiger partial charge < -0.3 is 10.1 Å². The number of Topliss-reactive ketones (excluding diaryl/α,β-unsaturated/α-hetero) is 1. The van der Waals surface area contributed by atoms with Crippen LogP contribution in [0.1, 0.15) is 20.7 Å². The Morgan fingerprint density at radius 2 is 2.12 bits per heavy atom. The van der Waals surface area contributed by atoms with Crippen molar-refractivity contribution >= 4 is 50.9 Å². The molecular weight excluding hydrogens is 313 g/mol. The van der Waals surface area contributed by atoms with E-state index in [1.165, 1.54) is 13.2 Å². The summed E-state index contributed by atoms with van der Waals surface area (Å²) in [6.07, 6.45) is 0. The third kappa shape index (κ3) is 1.73. The van der Waals surface area contributed by atoms with Gasteiger partial charge in [-0.15, -0.1) is 0 Å². The van der Waals surface area contributed by atoms with E-state index in [4.69, 9.17) is 11.6 Å². The molecule has 1 N–H and O–H groups in total. The van der Waals surface area contributed by atoms with Crippen molar-refractivity contribution in [2.24, 2.45) is 0 Å². The number of halogens is 2. The van der Waals surface area contributed by atoms with Crippen LogP contribution < -0.4 is 5.32 Å². The van der Waals surface area contributed by atoms with Crippen LogP contribution in [0.2, 0.25) is 5.02 Å². The topological polar surface area (TPSA) is 72.5 Å². The predicted molar refractivity (Wildman–Crippen MR) is 63.5 cm³/mol. The highest BCUT2D eigenvalue weighted by molar-refractivity contribution is 9.10. The van der Waals surface area contributed by atoms with Gasteiger partial charge in [-0.2, -0.15) is 0 Å². The maximum Gasteiger partial charge on any atom is 0.340 e. The standard InChI is InChI=1S/C10H5BrClNO4/c1-17-10(16)3-2-4(11)6(12)5-7(3)13-9(15)8(5)14/h2H,1H3,(H,13,14,15). The van der Waals surface area contributed by atoms with Crippen LogP contribution in [0.3, 0.4) is 0 Å². The largest absolute Gasteiger partial charge is 0.465 e. The van der Waals surface area contributed by atoms with Gasteiger partial charge in [-0.1, -0.05) is 11.6 Å². The lowest BCUT2D eigenvalue weighted by Gasteiger charge is -2.08. The van der Waals surface area contributed by atoms with Crippen molar-refractivity contribution in [3.63, 3.8) is 0 Å². The minimum atomic E-state index is -0.815. The third-order valence-electron chi connectivity index (χ3n) is 2.30. The van der Waals surface area contributed by atoms with Gasteiger partial charge in [0.1, 0.15) is 0 Å². The van der Waals surface area contributed by atoms with Crippen LogP contribution in [0.25, 0.3) is 0 Å². The molecule has 0 saturated heterocycles. The van der Waals surface area contributed by atoms with E-state index in [-0.39, 0.29) is 21.8 Å². The Morgan fingerprint density at radius 1 is 1.47 bits per heavy atom. The fourth-order valence-corrected chi connectivity index (χ4v) is 2.19. The number of fused-ring (bicyclic) bond motifs is 1. The lowest BCUT2D eigenvalue weighted by Crippen LogP contribution is -2.13. The molecule has 1 aromatic carbocycles. The minimum absolute atomic E-state index is 0.00792. The number of ketones is 1. The van der Waals surface area contributed by atoms with Gasteiger partial charge in [0.05, 0.1) is 28.9 Å². The molecule has 5 nitrogen and oxygen atoms in total. The van der Waals surface area contributed by atoms with Crippen LogP contribution in [0.5, 0.6) is 0 Å². The van der Waals surface area contributed by atoms with Gasteiger partial charge in [-0.25, -0.2) is 4.79 Å². The number of esters is 1. The highest BCUT2D eigenvalue weighted by Crippen LogP contribution is 2.38. The summed E-state index contributed by atoms with van der Waals surface area (Å²) in [4.78, 5) is 34.3. The summed E-state index contributed by atoms with van der Waals surface area (Å²) in [5, 5.41) is 2.40. The molecule has 0 unspecified atom stereocenters. The van der Waals surface area contributed by atoms with E-state index in [2.05, 4.69) is 26.0 Å². The zero-order valence-corrected chi connectivity index (χ0v) is 10.8. The molecule has 0 radical (unpaired) electrons. The molecule has 1 heterocycles. The minimum Gasteiger partial charge on any atom is -0.465 e. The number of methoxy groups -OCH3 is 1. The second kappa shape index (κ2) is 4.12. The van der Waals surface area contributed by atoms with Crippen molar-refractivity contribution in [3.05, 3.63) is 26.7 Å². The van der Waals surface area contributed by atoms with Crippen molar-refractivity contribution in [2.75, 3.05) is 12.4 Å². The molecule has 17 heavy (non-hydrogen) atoms. The van der Waals surface area contributed by atoms with E-state index in [0.717, 1.165) is 0 Å². The normalized spacial score (nSPS) is 13.4. The van der Waals surface area contributed by atoms with E-state index in [1.54, 1.807) is 0 Å².